The summed E-state index contributed by atoms with van der Waals surface area (Å²) in [5, 5.41) is 18.0. The standard InChI is InChI=1S/C24H27N5O2/c25-17-28-24(26)29(20-9-1-2-10-20)21-11-5-7-18(15-21)22(12-3-4-13-23(30)31)19-8-6-14-27-16-19/h5-8,11-12,14-16,20H,1-4,9-10,13H2,(H2,26,28)(H,30,31)/b22-12+. The van der Waals surface area contributed by atoms with Gasteiger partial charge >= 0.3 is 5.97 Å². The van der Waals surface area contributed by atoms with Crippen LogP contribution in [-0.2, 0) is 4.79 Å². The molecule has 1 fully saturated rings. The van der Waals surface area contributed by atoms with Crippen molar-refractivity contribution in [2.75, 3.05) is 4.90 Å². The monoisotopic (exact) mass is 417 g/mol. The van der Waals surface area contributed by atoms with Crippen molar-refractivity contribution < 1.29 is 9.90 Å². The van der Waals surface area contributed by atoms with Crippen LogP contribution < -0.4 is 10.6 Å². The van der Waals surface area contributed by atoms with Crippen molar-refractivity contribution in [1.82, 2.24) is 4.98 Å². The van der Waals surface area contributed by atoms with Gasteiger partial charge in [-0.25, -0.2) is 0 Å². The van der Waals surface area contributed by atoms with E-state index < -0.39 is 5.97 Å². The fourth-order valence-electron chi connectivity index (χ4n) is 4.05. The number of guanidine groups is 1. The molecule has 7 heteroatoms. The lowest BCUT2D eigenvalue weighted by atomic mass is 9.96. The third-order valence-corrected chi connectivity index (χ3v) is 5.45. The molecule has 3 rings (SSSR count). The van der Waals surface area contributed by atoms with Gasteiger partial charge in [0.25, 0.3) is 0 Å². The maximum atomic E-state index is 10.9. The van der Waals surface area contributed by atoms with Gasteiger partial charge in [-0.1, -0.05) is 37.1 Å². The summed E-state index contributed by atoms with van der Waals surface area (Å²) in [6.45, 7) is 0. The molecule has 1 aliphatic rings. The highest BCUT2D eigenvalue weighted by atomic mass is 16.4. The second kappa shape index (κ2) is 10.9. The number of carboxylic acid groups (broad SMARTS) is 1. The summed E-state index contributed by atoms with van der Waals surface area (Å²) in [4.78, 5) is 20.9. The maximum Gasteiger partial charge on any atom is 0.303 e. The largest absolute Gasteiger partial charge is 0.481 e. The number of aliphatic imine (C=N–C) groups is 1. The fraction of sp³-hybridized carbons (Fsp3) is 0.333. The number of anilines is 1. The van der Waals surface area contributed by atoms with Crippen LogP contribution in [0, 0.1) is 11.5 Å². The normalized spacial score (nSPS) is 14.9. The molecular formula is C24H27N5O2. The van der Waals surface area contributed by atoms with Gasteiger partial charge in [0.05, 0.1) is 0 Å². The van der Waals surface area contributed by atoms with Gasteiger partial charge in [0, 0.05) is 36.1 Å². The van der Waals surface area contributed by atoms with Gasteiger partial charge < -0.3 is 15.7 Å². The van der Waals surface area contributed by atoms with Gasteiger partial charge in [0.15, 0.2) is 0 Å². The zero-order chi connectivity index (χ0) is 22.1. The number of nitriles is 1. The molecular weight excluding hydrogens is 390 g/mol. The van der Waals surface area contributed by atoms with Gasteiger partial charge in [-0.05, 0) is 55.0 Å². The van der Waals surface area contributed by atoms with Gasteiger partial charge in [0.1, 0.15) is 0 Å². The molecule has 3 N–H and O–H groups in total. The van der Waals surface area contributed by atoms with Gasteiger partial charge in [-0.3, -0.25) is 9.78 Å². The Hall–Kier alpha value is -3.66. The lowest BCUT2D eigenvalue weighted by Gasteiger charge is -2.30. The SMILES string of the molecule is N#CN=C(N)N(c1cccc(/C(=C\CCCC(=O)O)c2cccnc2)c1)C1CCCC1. The van der Waals surface area contributed by atoms with Gasteiger partial charge in [-0.15, -0.1) is 4.99 Å². The Morgan fingerprint density at radius 1 is 1.29 bits per heavy atom. The van der Waals surface area contributed by atoms with Gasteiger partial charge in [-0.2, -0.15) is 5.26 Å². The molecule has 31 heavy (non-hydrogen) atoms. The maximum absolute atomic E-state index is 10.9. The molecule has 1 aliphatic carbocycles. The average Bonchev–Trinajstić information content (AvgIpc) is 3.29. The smallest absolute Gasteiger partial charge is 0.303 e. The summed E-state index contributed by atoms with van der Waals surface area (Å²) < 4.78 is 0. The Labute approximate surface area is 182 Å². The second-order valence-corrected chi connectivity index (χ2v) is 7.57. The minimum atomic E-state index is -0.794. The second-order valence-electron chi connectivity index (χ2n) is 7.57. The number of nitrogens with zero attached hydrogens (tertiary/aromatic N) is 4. The van der Waals surface area contributed by atoms with Crippen molar-refractivity contribution in [2.24, 2.45) is 10.7 Å². The molecule has 160 valence electrons. The van der Waals surface area contributed by atoms with E-state index in [1.807, 2.05) is 41.3 Å². The Balaban J connectivity index is 1.98. The molecule has 0 bridgehead atoms. The number of unbranched alkanes of at least 4 members (excludes halogenated alkanes) is 1. The molecule has 0 unspecified atom stereocenters. The Morgan fingerprint density at radius 2 is 2.06 bits per heavy atom. The van der Waals surface area contributed by atoms with Crippen molar-refractivity contribution in [3.63, 3.8) is 0 Å². The highest BCUT2D eigenvalue weighted by Gasteiger charge is 2.26. The van der Waals surface area contributed by atoms with E-state index >= 15 is 0 Å². The van der Waals surface area contributed by atoms with Crippen molar-refractivity contribution in [1.29, 1.82) is 5.26 Å². The van der Waals surface area contributed by atoms with Crippen molar-refractivity contribution >= 4 is 23.2 Å². The van der Waals surface area contributed by atoms with Crippen LogP contribution in [0.2, 0.25) is 0 Å². The first-order chi connectivity index (χ1) is 15.1. The number of hydrogen-bond donors (Lipinski definition) is 2. The Kier molecular flexibility index (Phi) is 7.77. The van der Waals surface area contributed by atoms with E-state index in [-0.39, 0.29) is 18.4 Å². The zero-order valence-electron chi connectivity index (χ0n) is 17.4. The van der Waals surface area contributed by atoms with E-state index in [1.54, 1.807) is 18.6 Å². The molecule has 1 heterocycles. The van der Waals surface area contributed by atoms with E-state index in [4.69, 9.17) is 16.1 Å². The molecule has 0 atom stereocenters. The van der Waals surface area contributed by atoms with Crippen LogP contribution in [0.5, 0.6) is 0 Å². The summed E-state index contributed by atoms with van der Waals surface area (Å²) >= 11 is 0. The van der Waals surface area contributed by atoms with Crippen molar-refractivity contribution in [3.8, 4) is 6.19 Å². The third-order valence-electron chi connectivity index (χ3n) is 5.45. The number of aromatic nitrogens is 1. The molecule has 1 aromatic heterocycles. The number of aliphatic carboxylic acids is 1. The number of rotatable bonds is 8. The van der Waals surface area contributed by atoms with E-state index in [2.05, 4.69) is 16.1 Å². The number of pyridine rings is 1. The molecule has 1 saturated carbocycles. The fourth-order valence-corrected chi connectivity index (χ4v) is 4.05. The molecule has 1 aromatic carbocycles. The summed E-state index contributed by atoms with van der Waals surface area (Å²) in [5.74, 6) is -0.585. The molecule has 2 aromatic rings. The third kappa shape index (κ3) is 5.92. The van der Waals surface area contributed by atoms with E-state index in [0.29, 0.717) is 12.8 Å². The number of hydrogen-bond acceptors (Lipinski definition) is 4. The predicted molar refractivity (Wildman–Crippen MR) is 121 cm³/mol. The van der Waals surface area contributed by atoms with Crippen LogP contribution in [0.3, 0.4) is 0 Å². The minimum Gasteiger partial charge on any atom is -0.481 e. The molecule has 7 nitrogen and oxygen atoms in total. The number of carboxylic acids is 1. The summed E-state index contributed by atoms with van der Waals surface area (Å²) in [7, 11) is 0. The topological polar surface area (TPSA) is 116 Å². The zero-order valence-corrected chi connectivity index (χ0v) is 17.4. The van der Waals surface area contributed by atoms with Crippen LogP contribution in [0.1, 0.15) is 56.1 Å². The van der Waals surface area contributed by atoms with Crippen LogP contribution in [0.4, 0.5) is 5.69 Å². The van der Waals surface area contributed by atoms with Crippen LogP contribution in [0.25, 0.3) is 5.57 Å². The molecule has 0 aliphatic heterocycles. The summed E-state index contributed by atoms with van der Waals surface area (Å²) in [6.07, 6.45) is 13.0. The van der Waals surface area contributed by atoms with Crippen LogP contribution in [0.15, 0.2) is 59.9 Å². The lowest BCUT2D eigenvalue weighted by Crippen LogP contribution is -2.43. The molecule has 0 radical (unpaired) electrons. The molecule has 0 saturated heterocycles. The number of allylic oxidation sites excluding steroid dienone is 1. The lowest BCUT2D eigenvalue weighted by molar-refractivity contribution is -0.137. The number of carbonyl (C=O) groups is 1. The predicted octanol–water partition coefficient (Wildman–Crippen LogP) is 4.31. The summed E-state index contributed by atoms with van der Waals surface area (Å²) in [5.41, 5.74) is 10.00. The first kappa shape index (κ1) is 22.0. The minimum absolute atomic E-state index is 0.132. The quantitative estimate of drug-likeness (QED) is 0.286. The van der Waals surface area contributed by atoms with Crippen LogP contribution in [-0.4, -0.2) is 28.1 Å². The Bertz CT molecular complexity index is 989. The first-order valence-corrected chi connectivity index (χ1v) is 10.5. The highest BCUT2D eigenvalue weighted by Crippen LogP contribution is 2.32. The van der Waals surface area contributed by atoms with Crippen molar-refractivity contribution in [3.05, 3.63) is 66.0 Å². The molecule has 0 amide bonds. The van der Waals surface area contributed by atoms with E-state index in [1.165, 1.54) is 0 Å². The van der Waals surface area contributed by atoms with E-state index in [9.17, 15) is 4.79 Å². The number of nitrogens with two attached hydrogens (primary N) is 1. The average molecular weight is 418 g/mol. The number of benzene rings is 1. The van der Waals surface area contributed by atoms with E-state index in [0.717, 1.165) is 48.1 Å². The van der Waals surface area contributed by atoms with Crippen molar-refractivity contribution in [2.45, 2.75) is 51.0 Å². The van der Waals surface area contributed by atoms with Gasteiger partial charge in [0.2, 0.25) is 12.2 Å². The Morgan fingerprint density at radius 3 is 2.74 bits per heavy atom. The summed E-state index contributed by atoms with van der Waals surface area (Å²) in [6, 6.07) is 12.1. The first-order valence-electron chi connectivity index (χ1n) is 10.5. The van der Waals surface area contributed by atoms with Crippen LogP contribution >= 0.6 is 0 Å². The molecule has 0 spiro atoms. The highest BCUT2D eigenvalue weighted by molar-refractivity contribution is 5.96.